The fourth-order valence-electron chi connectivity index (χ4n) is 2.79. The summed E-state index contributed by atoms with van der Waals surface area (Å²) in [5.74, 6) is 0. The van der Waals surface area contributed by atoms with Crippen LogP contribution in [0.5, 0.6) is 0 Å². The first-order valence-electron chi connectivity index (χ1n) is 8.94. The van der Waals surface area contributed by atoms with E-state index in [4.69, 9.17) is 0 Å². The van der Waals surface area contributed by atoms with Crippen LogP contribution in [0.15, 0.2) is 90.0 Å². The number of nitrogens with zero attached hydrogens (tertiary/aromatic N) is 2. The first kappa shape index (κ1) is 19.3. The molecule has 3 rings (SSSR count). The molecule has 0 fully saturated rings. The maximum absolute atomic E-state index is 10.8. The maximum Gasteiger partial charge on any atom is 0.269 e. The van der Waals surface area contributed by atoms with Crippen molar-refractivity contribution < 1.29 is 10.0 Å². The van der Waals surface area contributed by atoms with Crippen molar-refractivity contribution in [1.29, 1.82) is 0 Å². The van der Waals surface area contributed by atoms with Crippen molar-refractivity contribution in [3.8, 4) is 0 Å². The highest BCUT2D eigenvalue weighted by Gasteiger charge is 2.15. The summed E-state index contributed by atoms with van der Waals surface area (Å²) >= 11 is 0. The predicted molar refractivity (Wildman–Crippen MR) is 110 cm³/mol. The highest BCUT2D eigenvalue weighted by molar-refractivity contribution is 5.91. The van der Waals surface area contributed by atoms with Crippen molar-refractivity contribution in [1.82, 2.24) is 0 Å². The second-order valence-electron chi connectivity index (χ2n) is 6.39. The van der Waals surface area contributed by atoms with Crippen molar-refractivity contribution in [2.75, 3.05) is 5.43 Å². The van der Waals surface area contributed by atoms with E-state index in [9.17, 15) is 15.2 Å². The van der Waals surface area contributed by atoms with Gasteiger partial charge in [0.15, 0.2) is 0 Å². The first-order valence-corrected chi connectivity index (χ1v) is 8.94. The Morgan fingerprint density at radius 1 is 0.929 bits per heavy atom. The van der Waals surface area contributed by atoms with Crippen molar-refractivity contribution >= 4 is 17.1 Å². The summed E-state index contributed by atoms with van der Waals surface area (Å²) in [5.41, 5.74) is 6.19. The Morgan fingerprint density at radius 3 is 2.07 bits per heavy atom. The average Bonchev–Trinajstić information content (AvgIpc) is 2.73. The molecule has 142 valence electrons. The number of hydrogen-bond donors (Lipinski definition) is 2. The quantitative estimate of drug-likeness (QED) is 0.351. The van der Waals surface area contributed by atoms with Crippen LogP contribution >= 0.6 is 0 Å². The Morgan fingerprint density at radius 2 is 1.50 bits per heavy atom. The van der Waals surface area contributed by atoms with Gasteiger partial charge in [0.2, 0.25) is 0 Å². The number of nitrogens with one attached hydrogen (secondary N) is 1. The molecule has 6 nitrogen and oxygen atoms in total. The molecule has 0 saturated heterocycles. The van der Waals surface area contributed by atoms with Gasteiger partial charge in [-0.2, -0.15) is 5.10 Å². The van der Waals surface area contributed by atoms with Crippen LogP contribution in [0.4, 0.5) is 11.4 Å². The van der Waals surface area contributed by atoms with Crippen LogP contribution in [-0.2, 0) is 12.8 Å². The lowest BCUT2D eigenvalue weighted by atomic mass is 9.99. The molecule has 0 aliphatic rings. The van der Waals surface area contributed by atoms with Gasteiger partial charge in [0.1, 0.15) is 0 Å². The maximum atomic E-state index is 10.8. The fraction of sp³-hybridized carbons (Fsp3) is 0.136. The molecule has 0 radical (unpaired) electrons. The monoisotopic (exact) mass is 375 g/mol. The van der Waals surface area contributed by atoms with E-state index in [2.05, 4.69) is 10.5 Å². The number of nitro groups is 1. The van der Waals surface area contributed by atoms with E-state index < -0.39 is 11.0 Å². The lowest BCUT2D eigenvalue weighted by molar-refractivity contribution is -0.384. The van der Waals surface area contributed by atoms with Crippen LogP contribution in [0.3, 0.4) is 0 Å². The Balaban J connectivity index is 1.78. The van der Waals surface area contributed by atoms with E-state index in [0.29, 0.717) is 24.2 Å². The van der Waals surface area contributed by atoms with Crippen LogP contribution in [0.1, 0.15) is 11.1 Å². The van der Waals surface area contributed by atoms with E-state index in [-0.39, 0.29) is 5.69 Å². The summed E-state index contributed by atoms with van der Waals surface area (Å²) in [6.07, 6.45) is 0.191. The number of aliphatic hydroxyl groups excluding tert-OH is 1. The van der Waals surface area contributed by atoms with Crippen LogP contribution in [-0.4, -0.2) is 21.8 Å². The van der Waals surface area contributed by atoms with Crippen molar-refractivity contribution in [2.24, 2.45) is 5.10 Å². The molecular weight excluding hydrogens is 354 g/mol. The standard InChI is InChI=1S/C22H21N3O3/c26-22(16-18-9-5-2-6-10-18)21(15-17-7-3-1-4-8-17)24-23-19-11-13-20(14-12-19)25(27)28/h1-14,22-23,26H,15-16H2/b24-21-/t22-/m1/s1. The Hall–Kier alpha value is -3.51. The van der Waals surface area contributed by atoms with Gasteiger partial charge in [0, 0.05) is 25.0 Å². The second-order valence-corrected chi connectivity index (χ2v) is 6.39. The summed E-state index contributed by atoms with van der Waals surface area (Å²) < 4.78 is 0. The summed E-state index contributed by atoms with van der Waals surface area (Å²) in [6.45, 7) is 0. The molecule has 0 spiro atoms. The highest BCUT2D eigenvalue weighted by atomic mass is 16.6. The largest absolute Gasteiger partial charge is 0.387 e. The third-order valence-electron chi connectivity index (χ3n) is 4.29. The molecule has 0 aromatic heterocycles. The van der Waals surface area contributed by atoms with Gasteiger partial charge < -0.3 is 5.11 Å². The third-order valence-corrected chi connectivity index (χ3v) is 4.29. The van der Waals surface area contributed by atoms with Crippen LogP contribution in [0.2, 0.25) is 0 Å². The lowest BCUT2D eigenvalue weighted by Crippen LogP contribution is -2.26. The first-order chi connectivity index (χ1) is 13.6. The summed E-state index contributed by atoms with van der Waals surface area (Å²) in [6, 6.07) is 25.5. The summed E-state index contributed by atoms with van der Waals surface area (Å²) in [4.78, 5) is 10.3. The summed E-state index contributed by atoms with van der Waals surface area (Å²) in [7, 11) is 0. The molecule has 0 bridgehead atoms. The molecule has 1 atom stereocenters. The van der Waals surface area contributed by atoms with Gasteiger partial charge in [0.25, 0.3) is 5.69 Å². The van der Waals surface area contributed by atoms with E-state index in [1.54, 1.807) is 12.1 Å². The topological polar surface area (TPSA) is 87.8 Å². The van der Waals surface area contributed by atoms with Gasteiger partial charge >= 0.3 is 0 Å². The van der Waals surface area contributed by atoms with Gasteiger partial charge in [0.05, 0.1) is 22.4 Å². The highest BCUT2D eigenvalue weighted by Crippen LogP contribution is 2.16. The molecule has 0 unspecified atom stereocenters. The Labute approximate surface area is 163 Å². The molecule has 6 heteroatoms. The number of non-ortho nitro benzene ring substituents is 1. The van der Waals surface area contributed by atoms with Gasteiger partial charge in [-0.05, 0) is 23.3 Å². The SMILES string of the molecule is O=[N+]([O-])c1ccc(N/N=C(/Cc2ccccc2)[C@H](O)Cc2ccccc2)cc1. The van der Waals surface area contributed by atoms with Crippen molar-refractivity contribution in [3.63, 3.8) is 0 Å². The van der Waals surface area contributed by atoms with Crippen molar-refractivity contribution in [3.05, 3.63) is 106 Å². The van der Waals surface area contributed by atoms with Crippen molar-refractivity contribution in [2.45, 2.75) is 18.9 Å². The zero-order valence-corrected chi connectivity index (χ0v) is 15.2. The molecule has 28 heavy (non-hydrogen) atoms. The number of hydrogen-bond acceptors (Lipinski definition) is 5. The molecule has 3 aromatic carbocycles. The van der Waals surface area contributed by atoms with E-state index in [1.807, 2.05) is 60.7 Å². The average molecular weight is 375 g/mol. The molecule has 0 amide bonds. The minimum Gasteiger partial charge on any atom is -0.387 e. The number of hydrazone groups is 1. The van der Waals surface area contributed by atoms with Gasteiger partial charge in [-0.25, -0.2) is 0 Å². The van der Waals surface area contributed by atoms with Crippen LogP contribution < -0.4 is 5.43 Å². The van der Waals surface area contributed by atoms with Gasteiger partial charge in [-0.15, -0.1) is 0 Å². The number of nitro benzene ring substituents is 1. The lowest BCUT2D eigenvalue weighted by Gasteiger charge is -2.15. The number of anilines is 1. The molecule has 0 aliphatic heterocycles. The van der Waals surface area contributed by atoms with E-state index >= 15 is 0 Å². The van der Waals surface area contributed by atoms with E-state index in [1.165, 1.54) is 12.1 Å². The van der Waals surface area contributed by atoms with Crippen LogP contribution in [0, 0.1) is 10.1 Å². The summed E-state index contributed by atoms with van der Waals surface area (Å²) in [5, 5.41) is 25.9. The van der Waals surface area contributed by atoms with Gasteiger partial charge in [-0.3, -0.25) is 15.5 Å². The van der Waals surface area contributed by atoms with Crippen LogP contribution in [0.25, 0.3) is 0 Å². The smallest absolute Gasteiger partial charge is 0.269 e. The number of rotatable bonds is 8. The Kier molecular flexibility index (Phi) is 6.49. The second kappa shape index (κ2) is 9.43. The minimum atomic E-state index is -0.756. The molecule has 0 heterocycles. The fourth-order valence-corrected chi connectivity index (χ4v) is 2.79. The minimum absolute atomic E-state index is 0.0168. The predicted octanol–water partition coefficient (Wildman–Crippen LogP) is 4.21. The zero-order valence-electron chi connectivity index (χ0n) is 15.2. The van der Waals surface area contributed by atoms with Gasteiger partial charge in [-0.1, -0.05) is 60.7 Å². The van der Waals surface area contributed by atoms with E-state index in [0.717, 1.165) is 11.1 Å². The molecule has 3 aromatic rings. The molecule has 0 saturated carbocycles. The number of aliphatic hydroxyl groups is 1. The molecule has 2 N–H and O–H groups in total. The normalized spacial score (nSPS) is 12.4. The number of benzene rings is 3. The Bertz CT molecular complexity index is 926. The molecule has 0 aliphatic carbocycles. The third kappa shape index (κ3) is 5.49. The molecular formula is C22H21N3O3. The zero-order chi connectivity index (χ0) is 19.8.